The van der Waals surface area contributed by atoms with E-state index in [0.717, 1.165) is 25.2 Å². The smallest absolute Gasteiger partial charge is 0.229 e. The molecule has 1 aliphatic carbocycles. The maximum Gasteiger partial charge on any atom is 0.229 e. The summed E-state index contributed by atoms with van der Waals surface area (Å²) in [5.74, 6) is 2.25. The maximum atomic E-state index is 5.73. The number of aliphatic imine (C=N–C) groups is 1. The molecule has 0 radical (unpaired) electrons. The minimum Gasteiger partial charge on any atom is -0.370 e. The molecule has 0 amide bonds. The standard InChI is InChI=1S/C11H19N5O/c1-3-7(2)14-11(12)13-6-9-15-10(17-16-9)8-4-5-8/h7-8H,3-6H2,1-2H3,(H3,12,13,14). The van der Waals surface area contributed by atoms with Gasteiger partial charge in [0.1, 0.15) is 6.54 Å². The molecule has 6 heteroatoms. The Morgan fingerprint density at radius 2 is 2.41 bits per heavy atom. The van der Waals surface area contributed by atoms with E-state index >= 15 is 0 Å². The maximum absolute atomic E-state index is 5.73. The van der Waals surface area contributed by atoms with Gasteiger partial charge in [-0.05, 0) is 26.2 Å². The average molecular weight is 237 g/mol. The topological polar surface area (TPSA) is 89.3 Å². The summed E-state index contributed by atoms with van der Waals surface area (Å²) in [6.45, 7) is 4.51. The van der Waals surface area contributed by atoms with Gasteiger partial charge in [-0.25, -0.2) is 4.99 Å². The molecule has 0 aromatic carbocycles. The van der Waals surface area contributed by atoms with Crippen molar-refractivity contribution in [2.45, 2.75) is 51.6 Å². The Labute approximate surface area is 101 Å². The molecule has 1 saturated carbocycles. The summed E-state index contributed by atoms with van der Waals surface area (Å²) in [6.07, 6.45) is 3.31. The molecule has 1 atom stereocenters. The second-order valence-electron chi connectivity index (χ2n) is 4.48. The second kappa shape index (κ2) is 5.16. The molecule has 0 spiro atoms. The van der Waals surface area contributed by atoms with E-state index in [1.54, 1.807) is 0 Å². The van der Waals surface area contributed by atoms with Crippen LogP contribution in [0.5, 0.6) is 0 Å². The van der Waals surface area contributed by atoms with E-state index < -0.39 is 0 Å². The quantitative estimate of drug-likeness (QED) is 0.592. The van der Waals surface area contributed by atoms with Crippen molar-refractivity contribution in [1.29, 1.82) is 0 Å². The van der Waals surface area contributed by atoms with Crippen molar-refractivity contribution >= 4 is 5.96 Å². The monoisotopic (exact) mass is 237 g/mol. The summed E-state index contributed by atoms with van der Waals surface area (Å²) >= 11 is 0. The predicted molar refractivity (Wildman–Crippen MR) is 64.5 cm³/mol. The minimum absolute atomic E-state index is 0.325. The van der Waals surface area contributed by atoms with Gasteiger partial charge in [0.05, 0.1) is 0 Å². The van der Waals surface area contributed by atoms with Crippen molar-refractivity contribution < 1.29 is 4.52 Å². The van der Waals surface area contributed by atoms with Crippen LogP contribution in [0.1, 0.15) is 50.7 Å². The summed E-state index contributed by atoms with van der Waals surface area (Å²) in [6, 6.07) is 0.325. The van der Waals surface area contributed by atoms with Crippen LogP contribution in [0.4, 0.5) is 0 Å². The molecule has 1 fully saturated rings. The Hall–Kier alpha value is -1.59. The lowest BCUT2D eigenvalue weighted by Gasteiger charge is -2.10. The Balaban J connectivity index is 1.84. The number of nitrogens with two attached hydrogens (primary N) is 1. The average Bonchev–Trinajstić information content (AvgIpc) is 3.06. The van der Waals surface area contributed by atoms with Crippen LogP contribution >= 0.6 is 0 Å². The highest BCUT2D eigenvalue weighted by molar-refractivity contribution is 5.78. The van der Waals surface area contributed by atoms with Gasteiger partial charge in [0.15, 0.2) is 11.8 Å². The van der Waals surface area contributed by atoms with E-state index in [9.17, 15) is 0 Å². The highest BCUT2D eigenvalue weighted by atomic mass is 16.5. The molecule has 0 bridgehead atoms. The molecule has 2 rings (SSSR count). The van der Waals surface area contributed by atoms with Gasteiger partial charge in [-0.1, -0.05) is 12.1 Å². The van der Waals surface area contributed by atoms with E-state index in [4.69, 9.17) is 10.3 Å². The molecule has 0 saturated heterocycles. The molecular formula is C11H19N5O. The van der Waals surface area contributed by atoms with Crippen molar-refractivity contribution in [3.8, 4) is 0 Å². The lowest BCUT2D eigenvalue weighted by atomic mass is 10.3. The lowest BCUT2D eigenvalue weighted by molar-refractivity contribution is 0.374. The van der Waals surface area contributed by atoms with Gasteiger partial charge in [-0.15, -0.1) is 0 Å². The van der Waals surface area contributed by atoms with Crippen molar-refractivity contribution in [2.75, 3.05) is 0 Å². The second-order valence-corrected chi connectivity index (χ2v) is 4.48. The molecule has 1 aromatic heterocycles. The van der Waals surface area contributed by atoms with Gasteiger partial charge >= 0.3 is 0 Å². The summed E-state index contributed by atoms with van der Waals surface area (Å²) in [5, 5.41) is 6.96. The number of guanidine groups is 1. The zero-order chi connectivity index (χ0) is 12.3. The largest absolute Gasteiger partial charge is 0.370 e. The van der Waals surface area contributed by atoms with Gasteiger partial charge in [0.25, 0.3) is 0 Å². The molecule has 6 nitrogen and oxygen atoms in total. The molecule has 1 aliphatic rings. The first-order valence-corrected chi connectivity index (χ1v) is 6.08. The van der Waals surface area contributed by atoms with Crippen molar-refractivity contribution in [1.82, 2.24) is 15.5 Å². The third-order valence-corrected chi connectivity index (χ3v) is 2.81. The molecule has 0 aliphatic heterocycles. The molecule has 17 heavy (non-hydrogen) atoms. The van der Waals surface area contributed by atoms with Crippen LogP contribution < -0.4 is 11.1 Å². The lowest BCUT2D eigenvalue weighted by Crippen LogP contribution is -2.38. The normalized spacial score (nSPS) is 18.1. The highest BCUT2D eigenvalue weighted by Gasteiger charge is 2.29. The van der Waals surface area contributed by atoms with Gasteiger partial charge < -0.3 is 15.6 Å². The SMILES string of the molecule is CCC(C)NC(N)=NCc1noc(C2CC2)n1. The van der Waals surface area contributed by atoms with E-state index in [-0.39, 0.29) is 0 Å². The number of hydrogen-bond acceptors (Lipinski definition) is 4. The van der Waals surface area contributed by atoms with Crippen LogP contribution in [0.15, 0.2) is 9.52 Å². The third kappa shape index (κ3) is 3.44. The first kappa shape index (κ1) is 11.9. The van der Waals surface area contributed by atoms with E-state index in [0.29, 0.717) is 30.3 Å². The fraction of sp³-hybridized carbons (Fsp3) is 0.727. The third-order valence-electron chi connectivity index (χ3n) is 2.81. The summed E-state index contributed by atoms with van der Waals surface area (Å²) < 4.78 is 5.13. The van der Waals surface area contributed by atoms with E-state index in [2.05, 4.69) is 34.3 Å². The number of rotatable bonds is 5. The van der Waals surface area contributed by atoms with Gasteiger partial charge in [0.2, 0.25) is 5.89 Å². The zero-order valence-corrected chi connectivity index (χ0v) is 10.3. The van der Waals surface area contributed by atoms with Gasteiger partial charge in [0, 0.05) is 12.0 Å². The first-order valence-electron chi connectivity index (χ1n) is 6.08. The van der Waals surface area contributed by atoms with Crippen LogP contribution in [0.2, 0.25) is 0 Å². The molecule has 3 N–H and O–H groups in total. The summed E-state index contributed by atoms with van der Waals surface area (Å²) in [4.78, 5) is 8.45. The number of nitrogens with one attached hydrogen (secondary N) is 1. The molecule has 1 unspecified atom stereocenters. The highest BCUT2D eigenvalue weighted by Crippen LogP contribution is 2.38. The van der Waals surface area contributed by atoms with Crippen LogP contribution in [0, 0.1) is 0 Å². The number of nitrogens with zero attached hydrogens (tertiary/aromatic N) is 3. The van der Waals surface area contributed by atoms with Crippen molar-refractivity contribution in [2.24, 2.45) is 10.7 Å². The first-order chi connectivity index (χ1) is 8.19. The Morgan fingerprint density at radius 3 is 3.06 bits per heavy atom. The number of hydrogen-bond donors (Lipinski definition) is 2. The zero-order valence-electron chi connectivity index (χ0n) is 10.3. The fourth-order valence-electron chi connectivity index (χ4n) is 1.38. The van der Waals surface area contributed by atoms with Crippen LogP contribution in [0.25, 0.3) is 0 Å². The van der Waals surface area contributed by atoms with Crippen molar-refractivity contribution in [3.63, 3.8) is 0 Å². The van der Waals surface area contributed by atoms with E-state index in [1.165, 1.54) is 0 Å². The number of aromatic nitrogens is 2. The molecule has 94 valence electrons. The van der Waals surface area contributed by atoms with Crippen LogP contribution in [0.3, 0.4) is 0 Å². The van der Waals surface area contributed by atoms with Crippen molar-refractivity contribution in [3.05, 3.63) is 11.7 Å². The minimum atomic E-state index is 0.325. The van der Waals surface area contributed by atoms with Gasteiger partial charge in [-0.2, -0.15) is 4.98 Å². The Morgan fingerprint density at radius 1 is 1.65 bits per heavy atom. The molecule has 1 aromatic rings. The summed E-state index contributed by atoms with van der Waals surface area (Å²) in [5.41, 5.74) is 5.73. The predicted octanol–water partition coefficient (Wildman–Crippen LogP) is 1.15. The summed E-state index contributed by atoms with van der Waals surface area (Å²) in [7, 11) is 0. The Bertz CT molecular complexity index is 396. The van der Waals surface area contributed by atoms with Crippen LogP contribution in [-0.2, 0) is 6.54 Å². The fourth-order valence-corrected chi connectivity index (χ4v) is 1.38. The molecule has 1 heterocycles. The van der Waals surface area contributed by atoms with E-state index in [1.807, 2.05) is 0 Å². The molecular weight excluding hydrogens is 218 g/mol. The van der Waals surface area contributed by atoms with Crippen LogP contribution in [-0.4, -0.2) is 22.1 Å². The van der Waals surface area contributed by atoms with Gasteiger partial charge in [-0.3, -0.25) is 0 Å². The Kier molecular flexibility index (Phi) is 3.61.